The van der Waals surface area contributed by atoms with Crippen LogP contribution in [-0.2, 0) is 0 Å². The summed E-state index contributed by atoms with van der Waals surface area (Å²) < 4.78 is 10.5. The molecule has 2 heterocycles. The zero-order valence-electron chi connectivity index (χ0n) is 12.6. The maximum Gasteiger partial charge on any atom is 0.349 e. The van der Waals surface area contributed by atoms with Crippen LogP contribution in [0.3, 0.4) is 0 Å². The van der Waals surface area contributed by atoms with Gasteiger partial charge in [-0.05, 0) is 25.0 Å². The summed E-state index contributed by atoms with van der Waals surface area (Å²) in [5.41, 5.74) is 0.676. The van der Waals surface area contributed by atoms with Crippen LogP contribution in [0.2, 0.25) is 0 Å². The van der Waals surface area contributed by atoms with Crippen LogP contribution in [0, 0.1) is 0 Å². The Hall–Kier alpha value is -2.30. The molecule has 1 aliphatic heterocycles. The molecule has 0 unspecified atom stereocenters. The maximum absolute atomic E-state index is 12.1. The molecule has 1 aromatic heterocycles. The van der Waals surface area contributed by atoms with Crippen molar-refractivity contribution in [3.63, 3.8) is 0 Å². The van der Waals surface area contributed by atoms with E-state index in [1.54, 1.807) is 13.2 Å². The van der Waals surface area contributed by atoms with E-state index in [-0.39, 0.29) is 5.56 Å². The molecule has 0 radical (unpaired) electrons. The lowest BCUT2D eigenvalue weighted by Gasteiger charge is -2.25. The van der Waals surface area contributed by atoms with Gasteiger partial charge in [0.15, 0.2) is 6.29 Å². The fourth-order valence-corrected chi connectivity index (χ4v) is 3.05. The minimum absolute atomic E-state index is 0.111. The molecule has 1 fully saturated rings. The van der Waals surface area contributed by atoms with Crippen molar-refractivity contribution in [3.05, 3.63) is 34.2 Å². The number of ether oxygens (including phenoxy) is 1. The van der Waals surface area contributed by atoms with E-state index in [1.165, 1.54) is 12.8 Å². The van der Waals surface area contributed by atoms with Gasteiger partial charge in [-0.3, -0.25) is 4.79 Å². The molecule has 5 nitrogen and oxygen atoms in total. The number of anilines is 1. The van der Waals surface area contributed by atoms with Crippen molar-refractivity contribution in [2.45, 2.75) is 25.7 Å². The number of hydrogen-bond donors (Lipinski definition) is 0. The van der Waals surface area contributed by atoms with Crippen molar-refractivity contribution >= 4 is 22.9 Å². The highest BCUT2D eigenvalue weighted by molar-refractivity contribution is 5.99. The highest BCUT2D eigenvalue weighted by Gasteiger charge is 2.21. The van der Waals surface area contributed by atoms with Crippen LogP contribution in [-0.4, -0.2) is 26.5 Å². The summed E-state index contributed by atoms with van der Waals surface area (Å²) >= 11 is 0. The smallest absolute Gasteiger partial charge is 0.349 e. The lowest BCUT2D eigenvalue weighted by Crippen LogP contribution is -2.27. The van der Waals surface area contributed by atoms with Gasteiger partial charge in [-0.15, -0.1) is 0 Å². The Morgan fingerprint density at radius 3 is 2.55 bits per heavy atom. The Kier molecular flexibility index (Phi) is 4.13. The lowest BCUT2D eigenvalue weighted by atomic mass is 10.1. The summed E-state index contributed by atoms with van der Waals surface area (Å²) in [5.74, 6) is 0.622. The van der Waals surface area contributed by atoms with Gasteiger partial charge < -0.3 is 14.1 Å². The minimum atomic E-state index is -0.588. The number of aldehydes is 1. The average Bonchev–Trinajstić information content (AvgIpc) is 2.82. The normalized spacial score (nSPS) is 15.6. The first-order valence-electron chi connectivity index (χ1n) is 7.59. The molecule has 0 spiro atoms. The summed E-state index contributed by atoms with van der Waals surface area (Å²) in [6.07, 6.45) is 5.10. The van der Waals surface area contributed by atoms with Crippen LogP contribution in [0.4, 0.5) is 5.69 Å². The van der Waals surface area contributed by atoms with Crippen LogP contribution < -0.4 is 15.3 Å². The van der Waals surface area contributed by atoms with Crippen molar-refractivity contribution in [1.29, 1.82) is 0 Å². The Bertz CT molecular complexity index is 742. The fraction of sp³-hybridized carbons (Fsp3) is 0.412. The SMILES string of the molecule is COc1ccc2c(N3CCCCCC3)c(C=O)c(=O)oc2c1. The van der Waals surface area contributed by atoms with Gasteiger partial charge in [0.1, 0.15) is 16.9 Å². The Balaban J connectivity index is 2.24. The average molecular weight is 301 g/mol. The summed E-state index contributed by atoms with van der Waals surface area (Å²) in [6, 6.07) is 5.36. The molecule has 0 amide bonds. The Morgan fingerprint density at radius 1 is 1.18 bits per heavy atom. The molecule has 116 valence electrons. The first kappa shape index (κ1) is 14.6. The van der Waals surface area contributed by atoms with Gasteiger partial charge in [0.2, 0.25) is 0 Å². The largest absolute Gasteiger partial charge is 0.497 e. The molecule has 1 saturated heterocycles. The van der Waals surface area contributed by atoms with Crippen LogP contribution in [0.15, 0.2) is 27.4 Å². The molecular formula is C17H19NO4. The molecule has 3 rings (SSSR count). The van der Waals surface area contributed by atoms with Gasteiger partial charge in [-0.1, -0.05) is 12.8 Å². The second-order valence-electron chi connectivity index (χ2n) is 5.53. The first-order chi connectivity index (χ1) is 10.7. The Morgan fingerprint density at radius 2 is 1.91 bits per heavy atom. The van der Waals surface area contributed by atoms with Gasteiger partial charge in [0, 0.05) is 24.5 Å². The number of fused-ring (bicyclic) bond motifs is 1. The molecule has 22 heavy (non-hydrogen) atoms. The number of hydrogen-bond acceptors (Lipinski definition) is 5. The number of rotatable bonds is 3. The molecule has 2 aromatic rings. The van der Waals surface area contributed by atoms with Crippen molar-refractivity contribution in [1.82, 2.24) is 0 Å². The first-order valence-corrected chi connectivity index (χ1v) is 7.59. The number of carbonyl (C=O) groups is 1. The summed E-state index contributed by atoms with van der Waals surface area (Å²) in [5, 5.41) is 0.782. The quantitative estimate of drug-likeness (QED) is 0.644. The van der Waals surface area contributed by atoms with E-state index >= 15 is 0 Å². The fourth-order valence-electron chi connectivity index (χ4n) is 3.05. The minimum Gasteiger partial charge on any atom is -0.497 e. The molecule has 0 aliphatic carbocycles. The topological polar surface area (TPSA) is 59.8 Å². The number of methoxy groups -OCH3 is 1. The highest BCUT2D eigenvalue weighted by Crippen LogP contribution is 2.32. The summed E-state index contributed by atoms with van der Waals surface area (Å²) in [6.45, 7) is 1.71. The van der Waals surface area contributed by atoms with E-state index in [4.69, 9.17) is 9.15 Å². The summed E-state index contributed by atoms with van der Waals surface area (Å²) in [7, 11) is 1.56. The van der Waals surface area contributed by atoms with Gasteiger partial charge in [-0.25, -0.2) is 4.79 Å². The van der Waals surface area contributed by atoms with Crippen LogP contribution >= 0.6 is 0 Å². The van der Waals surface area contributed by atoms with E-state index in [2.05, 4.69) is 4.90 Å². The third-order valence-corrected chi connectivity index (χ3v) is 4.16. The van der Waals surface area contributed by atoms with Gasteiger partial charge in [-0.2, -0.15) is 0 Å². The lowest BCUT2D eigenvalue weighted by molar-refractivity contribution is 0.112. The second-order valence-corrected chi connectivity index (χ2v) is 5.53. The number of benzene rings is 1. The predicted octanol–water partition coefficient (Wildman–Crippen LogP) is 2.99. The van der Waals surface area contributed by atoms with Gasteiger partial charge >= 0.3 is 5.63 Å². The second kappa shape index (κ2) is 6.22. The molecular weight excluding hydrogens is 282 g/mol. The molecule has 5 heteroatoms. The third kappa shape index (κ3) is 2.58. The summed E-state index contributed by atoms with van der Waals surface area (Å²) in [4.78, 5) is 25.7. The van der Waals surface area contributed by atoms with E-state index in [1.807, 2.05) is 12.1 Å². The molecule has 0 saturated carbocycles. The van der Waals surface area contributed by atoms with Crippen LogP contribution in [0.25, 0.3) is 11.0 Å². The molecule has 0 N–H and O–H groups in total. The molecule has 1 aromatic carbocycles. The van der Waals surface area contributed by atoms with Crippen LogP contribution in [0.1, 0.15) is 36.0 Å². The van der Waals surface area contributed by atoms with Crippen molar-refractivity contribution in [2.75, 3.05) is 25.1 Å². The Labute approximate surface area is 128 Å². The van der Waals surface area contributed by atoms with Gasteiger partial charge in [0.25, 0.3) is 0 Å². The van der Waals surface area contributed by atoms with E-state index in [9.17, 15) is 9.59 Å². The zero-order valence-corrected chi connectivity index (χ0v) is 12.6. The van der Waals surface area contributed by atoms with Gasteiger partial charge in [0.05, 0.1) is 12.8 Å². The number of carbonyl (C=O) groups excluding carboxylic acids is 1. The standard InChI is InChI=1S/C17H19NO4/c1-21-12-6-7-13-15(10-12)22-17(20)14(11-19)16(13)18-8-4-2-3-5-9-18/h6-7,10-11H,2-5,8-9H2,1H3. The van der Waals surface area contributed by atoms with Crippen LogP contribution in [0.5, 0.6) is 5.75 Å². The molecule has 0 bridgehead atoms. The van der Waals surface area contributed by atoms with E-state index in [0.29, 0.717) is 23.3 Å². The predicted molar refractivity (Wildman–Crippen MR) is 85.1 cm³/mol. The van der Waals surface area contributed by atoms with Crippen molar-refractivity contribution in [2.24, 2.45) is 0 Å². The number of nitrogens with zero attached hydrogens (tertiary/aromatic N) is 1. The third-order valence-electron chi connectivity index (χ3n) is 4.16. The zero-order chi connectivity index (χ0) is 15.5. The van der Waals surface area contributed by atoms with E-state index in [0.717, 1.165) is 31.3 Å². The maximum atomic E-state index is 12.1. The molecule has 1 aliphatic rings. The highest BCUT2D eigenvalue weighted by atomic mass is 16.5. The molecule has 0 atom stereocenters. The van der Waals surface area contributed by atoms with Crippen molar-refractivity contribution < 1.29 is 13.9 Å². The van der Waals surface area contributed by atoms with E-state index < -0.39 is 5.63 Å². The van der Waals surface area contributed by atoms with Crippen molar-refractivity contribution in [3.8, 4) is 5.75 Å². The monoisotopic (exact) mass is 301 g/mol.